The third kappa shape index (κ3) is 20.4. The molecule has 0 saturated carbocycles. The predicted octanol–water partition coefficient (Wildman–Crippen LogP) is 1.22. The molecule has 0 aliphatic carbocycles. The number of aliphatic hydroxyl groups is 4. The topological polar surface area (TPSA) is 423 Å². The number of ether oxygens (including phenoxy) is 3. The van der Waals surface area contributed by atoms with E-state index in [0.717, 1.165) is 80.4 Å². The maximum absolute atomic E-state index is 12.7. The molecule has 2 saturated heterocycles. The van der Waals surface area contributed by atoms with Crippen LogP contribution in [0.5, 0.6) is 0 Å². The van der Waals surface area contributed by atoms with Crippen LogP contribution in [0, 0.1) is 5.41 Å². The number of phosphoric acid groups is 3. The standard InChI is InChI=1S/C39H66N7O21P3S/c1-24-25(47)19-26(48)38(64-24)61-17-12-10-8-6-4-5-7-9-11-13-29(50)71-18-16-41-28(49)14-15-42-36(53)33(52)39(2,3)21-63-70(59,60)67-69(57,58)62-20-27-32(66-68(54,55)56)31(51)37(65-27)46-23-45-30-34(40)43-22-44-35(30)46/h11,13,22-27,31-33,37-38,47-48,51-52H,4-10,12,14-21H2,1-3H3,(H,41,49)(H,42,53)(H,57,58)(H,59,60)(H2,40,43,44)(H2,54,55,56)/b13-11+/t24-,25+,26+,27+,31+,32+,33-,37+,38+/m0/s1. The molecule has 404 valence electrons. The minimum Gasteiger partial charge on any atom is -0.390 e. The third-order valence-electron chi connectivity index (χ3n) is 11.0. The van der Waals surface area contributed by atoms with E-state index in [9.17, 15) is 68.1 Å². The summed E-state index contributed by atoms with van der Waals surface area (Å²) in [6.45, 7) is 2.64. The highest BCUT2D eigenvalue weighted by Crippen LogP contribution is 2.61. The summed E-state index contributed by atoms with van der Waals surface area (Å²) in [6, 6.07) is 0. The van der Waals surface area contributed by atoms with Crippen molar-refractivity contribution in [1.82, 2.24) is 30.2 Å². The predicted molar refractivity (Wildman–Crippen MR) is 250 cm³/mol. The van der Waals surface area contributed by atoms with Gasteiger partial charge in [0.05, 0.1) is 31.7 Å². The van der Waals surface area contributed by atoms with Crippen molar-refractivity contribution in [1.29, 1.82) is 0 Å². The molecule has 11 atom stereocenters. The molecule has 2 aliphatic heterocycles. The van der Waals surface area contributed by atoms with Crippen LogP contribution in [0.4, 0.5) is 5.82 Å². The van der Waals surface area contributed by atoms with E-state index in [1.54, 1.807) is 6.92 Å². The average Bonchev–Trinajstić information content (AvgIpc) is 3.85. The number of thioether (sulfide) groups is 1. The number of nitrogen functional groups attached to an aromatic ring is 1. The molecule has 32 heteroatoms. The van der Waals surface area contributed by atoms with Crippen molar-refractivity contribution in [2.75, 3.05) is 44.4 Å². The van der Waals surface area contributed by atoms with Gasteiger partial charge in [-0.15, -0.1) is 0 Å². The summed E-state index contributed by atoms with van der Waals surface area (Å²) < 4.78 is 73.5. The Balaban J connectivity index is 1.05. The molecule has 2 aliphatic rings. The minimum atomic E-state index is -5.59. The first-order chi connectivity index (χ1) is 33.3. The number of aliphatic hydroxyl groups excluding tert-OH is 4. The maximum Gasteiger partial charge on any atom is 0.481 e. The summed E-state index contributed by atoms with van der Waals surface area (Å²) in [4.78, 5) is 88.3. The fourth-order valence-electron chi connectivity index (χ4n) is 7.05. The molecular formula is C39H66N7O21P3S. The number of carbonyl (C=O) groups is 3. The second-order valence-electron chi connectivity index (χ2n) is 17.4. The van der Waals surface area contributed by atoms with E-state index in [4.69, 9.17) is 29.0 Å². The number of carbonyl (C=O) groups excluding carboxylic acids is 3. The van der Waals surface area contributed by atoms with E-state index in [1.807, 2.05) is 6.08 Å². The van der Waals surface area contributed by atoms with Crippen LogP contribution in [0.2, 0.25) is 0 Å². The first-order valence-electron chi connectivity index (χ1n) is 22.6. The Hall–Kier alpha value is -2.86. The van der Waals surface area contributed by atoms with Gasteiger partial charge in [0.25, 0.3) is 0 Å². The molecular weight excluding hydrogens is 1030 g/mol. The molecule has 2 amide bonds. The lowest BCUT2D eigenvalue weighted by Crippen LogP contribution is -2.47. The largest absolute Gasteiger partial charge is 0.481 e. The van der Waals surface area contributed by atoms with Gasteiger partial charge in [-0.05, 0) is 32.3 Å². The van der Waals surface area contributed by atoms with Crippen molar-refractivity contribution >= 4 is 69.1 Å². The smallest absolute Gasteiger partial charge is 0.390 e. The minimum absolute atomic E-state index is 0.0248. The Bertz CT molecular complexity index is 2220. The molecule has 4 heterocycles. The van der Waals surface area contributed by atoms with Gasteiger partial charge >= 0.3 is 23.5 Å². The number of phosphoric ester groups is 3. The van der Waals surface area contributed by atoms with Gasteiger partial charge in [-0.3, -0.25) is 32.5 Å². The number of allylic oxidation sites excluding steroid dienone is 1. The molecule has 4 rings (SSSR count). The van der Waals surface area contributed by atoms with Gasteiger partial charge in [0.15, 0.2) is 24.0 Å². The molecule has 0 bridgehead atoms. The van der Waals surface area contributed by atoms with Gasteiger partial charge in [-0.1, -0.05) is 63.8 Å². The number of nitrogens with two attached hydrogens (primary N) is 1. The zero-order valence-electron chi connectivity index (χ0n) is 39.3. The number of nitrogens with one attached hydrogen (secondary N) is 2. The molecule has 2 unspecified atom stereocenters. The number of hydrogen-bond donors (Lipinski definition) is 11. The van der Waals surface area contributed by atoms with Crippen LogP contribution in [0.1, 0.15) is 91.2 Å². The van der Waals surface area contributed by atoms with Gasteiger partial charge in [0.1, 0.15) is 42.4 Å². The Morgan fingerprint density at radius 3 is 2.32 bits per heavy atom. The maximum atomic E-state index is 12.7. The number of rotatable bonds is 31. The molecule has 12 N–H and O–H groups in total. The lowest BCUT2D eigenvalue weighted by Gasteiger charge is -2.35. The highest BCUT2D eigenvalue weighted by atomic mass is 32.2. The van der Waals surface area contributed by atoms with Crippen LogP contribution >= 0.6 is 35.2 Å². The van der Waals surface area contributed by atoms with Gasteiger partial charge < -0.3 is 70.6 Å². The highest BCUT2D eigenvalue weighted by Gasteiger charge is 2.50. The van der Waals surface area contributed by atoms with Crippen molar-refractivity contribution < 1.29 is 100 Å². The molecule has 2 aromatic heterocycles. The van der Waals surface area contributed by atoms with Crippen molar-refractivity contribution in [2.45, 2.75) is 140 Å². The van der Waals surface area contributed by atoms with E-state index >= 15 is 0 Å². The normalized spacial score (nSPS) is 25.2. The van der Waals surface area contributed by atoms with Crippen LogP contribution in [0.25, 0.3) is 11.2 Å². The van der Waals surface area contributed by atoms with Gasteiger partial charge in [-0.2, -0.15) is 4.31 Å². The lowest BCUT2D eigenvalue weighted by molar-refractivity contribution is -0.261. The number of fused-ring (bicyclic) bond motifs is 1. The molecule has 0 aromatic carbocycles. The highest BCUT2D eigenvalue weighted by molar-refractivity contribution is 8.14. The average molecular weight is 1090 g/mol. The first-order valence-corrected chi connectivity index (χ1v) is 28.2. The SMILES string of the molecule is C[C@@H]1O[C@@H](OCCCCCCCCC/C=C/C(=O)SCCNC(=O)CCNC(=O)[C@H](O)C(C)(C)COP(=O)(O)OP(=O)(O)OC[C@H]2O[C@@H](n3cnc4c(N)ncnc43)[C@H](O)[C@@H]2OP(=O)(O)O)[C@H](O)C[C@H]1O. The number of hydrogen-bond acceptors (Lipinski definition) is 22. The summed E-state index contributed by atoms with van der Waals surface area (Å²) in [5.74, 6) is -1.19. The third-order valence-corrected chi connectivity index (χ3v) is 14.9. The van der Waals surface area contributed by atoms with Crippen LogP contribution < -0.4 is 16.4 Å². The fraction of sp³-hybridized carbons (Fsp3) is 0.744. The number of amides is 2. The number of imidazole rings is 1. The van der Waals surface area contributed by atoms with Crippen LogP contribution in [-0.4, -0.2) is 164 Å². The molecule has 2 fully saturated rings. The Morgan fingerprint density at radius 1 is 0.944 bits per heavy atom. The Morgan fingerprint density at radius 2 is 1.62 bits per heavy atom. The molecule has 71 heavy (non-hydrogen) atoms. The number of aromatic nitrogens is 4. The Kier molecular flexibility index (Phi) is 24.1. The van der Waals surface area contributed by atoms with E-state index in [0.29, 0.717) is 12.4 Å². The van der Waals surface area contributed by atoms with E-state index in [1.165, 1.54) is 19.9 Å². The summed E-state index contributed by atoms with van der Waals surface area (Å²) in [7, 11) is -16.5. The second kappa shape index (κ2) is 28.2. The summed E-state index contributed by atoms with van der Waals surface area (Å²) in [5, 5.41) is 46.1. The zero-order valence-corrected chi connectivity index (χ0v) is 42.8. The van der Waals surface area contributed by atoms with Crippen LogP contribution in [0.15, 0.2) is 24.8 Å². The molecule has 0 radical (unpaired) electrons. The summed E-state index contributed by atoms with van der Waals surface area (Å²) in [6.07, 6.45) is 1.76. The number of anilines is 1. The summed E-state index contributed by atoms with van der Waals surface area (Å²) >= 11 is 1.03. The van der Waals surface area contributed by atoms with Crippen LogP contribution in [0.3, 0.4) is 0 Å². The van der Waals surface area contributed by atoms with E-state index in [2.05, 4.69) is 34.4 Å². The van der Waals surface area contributed by atoms with E-state index in [-0.39, 0.29) is 54.1 Å². The van der Waals surface area contributed by atoms with Crippen molar-refractivity contribution in [3.8, 4) is 0 Å². The lowest BCUT2D eigenvalue weighted by atomic mass is 9.87. The number of unbranched alkanes of at least 4 members (excludes halogenated alkanes) is 7. The Labute approximate surface area is 413 Å². The van der Waals surface area contributed by atoms with Crippen molar-refractivity contribution in [3.05, 3.63) is 24.8 Å². The van der Waals surface area contributed by atoms with Gasteiger partial charge in [0.2, 0.25) is 16.9 Å². The quantitative estimate of drug-likeness (QED) is 0.0287. The molecule has 28 nitrogen and oxygen atoms in total. The van der Waals surface area contributed by atoms with Crippen LogP contribution in [-0.2, 0) is 60.2 Å². The second-order valence-corrected chi connectivity index (χ2v) is 22.7. The fourth-order valence-corrected chi connectivity index (χ4v) is 10.5. The van der Waals surface area contributed by atoms with Gasteiger partial charge in [0, 0.05) is 43.7 Å². The summed E-state index contributed by atoms with van der Waals surface area (Å²) in [5.41, 5.74) is 4.25. The number of nitrogens with zero attached hydrogens (tertiary/aromatic N) is 4. The van der Waals surface area contributed by atoms with E-state index < -0.39 is 103 Å². The first kappa shape index (κ1) is 60.7. The zero-order chi connectivity index (χ0) is 52.6. The van der Waals surface area contributed by atoms with Crippen molar-refractivity contribution in [2.24, 2.45) is 5.41 Å². The molecule has 0 spiro atoms. The van der Waals surface area contributed by atoms with Crippen molar-refractivity contribution in [3.63, 3.8) is 0 Å². The van der Waals surface area contributed by atoms with Gasteiger partial charge in [-0.25, -0.2) is 28.6 Å². The monoisotopic (exact) mass is 1090 g/mol. The molecule has 2 aromatic rings.